The monoisotopic (exact) mass is 435 g/mol. The maximum atomic E-state index is 11.7. The summed E-state index contributed by atoms with van der Waals surface area (Å²) in [4.78, 5) is 11.7. The smallest absolute Gasteiger partial charge is 0.205 e. The molecule has 0 saturated carbocycles. The van der Waals surface area contributed by atoms with Crippen molar-refractivity contribution in [2.24, 2.45) is 0 Å². The summed E-state index contributed by atoms with van der Waals surface area (Å²) in [6.45, 7) is 4.36. The molecule has 0 fully saturated rings. The van der Waals surface area contributed by atoms with Gasteiger partial charge in [-0.1, -0.05) is 13.3 Å². The quantitative estimate of drug-likeness (QED) is 0.343. The van der Waals surface area contributed by atoms with E-state index in [0.29, 0.717) is 59.2 Å². The number of aromatic hydroxyl groups is 1. The van der Waals surface area contributed by atoms with Crippen molar-refractivity contribution in [3.05, 3.63) is 47.0 Å². The minimum Gasteiger partial charge on any atom is -0.507 e. The van der Waals surface area contributed by atoms with Gasteiger partial charge in [0.15, 0.2) is 5.78 Å². The van der Waals surface area contributed by atoms with E-state index in [1.165, 1.54) is 6.92 Å². The summed E-state index contributed by atoms with van der Waals surface area (Å²) in [7, 11) is 0. The lowest BCUT2D eigenvalue weighted by atomic mass is 10.0. The molecule has 0 bridgehead atoms. The molecule has 3 rings (SSSR count). The van der Waals surface area contributed by atoms with Crippen LogP contribution >= 0.6 is 0 Å². The topological polar surface area (TPSA) is 134 Å². The minimum atomic E-state index is -0.173. The lowest BCUT2D eigenvalue weighted by molar-refractivity contribution is 0.101. The molecule has 2 N–H and O–H groups in total. The average molecular weight is 435 g/mol. The van der Waals surface area contributed by atoms with Crippen LogP contribution in [0, 0.1) is 11.3 Å². The van der Waals surface area contributed by atoms with Crippen molar-refractivity contribution in [2.45, 2.75) is 39.5 Å². The number of phenolic OH excluding ortho intramolecular Hbond substituents is 1. The number of nitriles is 1. The maximum Gasteiger partial charge on any atom is 0.205 e. The van der Waals surface area contributed by atoms with E-state index < -0.39 is 0 Å². The van der Waals surface area contributed by atoms with Crippen LogP contribution in [0.3, 0.4) is 0 Å². The fourth-order valence-corrected chi connectivity index (χ4v) is 3.28. The summed E-state index contributed by atoms with van der Waals surface area (Å²) < 4.78 is 11.6. The lowest BCUT2D eigenvalue weighted by Crippen LogP contribution is -2.05. The molecule has 3 aromatic rings. The standard InChI is InChI=1S/C23H25N5O4/c1-3-6-20-21(10-9-18(15(2)29)22(20)30)32-12-5-4-11-31-17-7-8-19(16(13-17)14-24)23-25-27-28-26-23/h7-10,13,30H,3-6,11-12H2,1-2H3,(H,25,26,27,28). The molecule has 0 saturated heterocycles. The molecular weight excluding hydrogens is 410 g/mol. The zero-order valence-electron chi connectivity index (χ0n) is 18.1. The summed E-state index contributed by atoms with van der Waals surface area (Å²) in [5.41, 5.74) is 1.98. The molecule has 9 nitrogen and oxygen atoms in total. The Kier molecular flexibility index (Phi) is 7.75. The third kappa shape index (κ3) is 5.40. The van der Waals surface area contributed by atoms with Gasteiger partial charge in [0.05, 0.1) is 24.3 Å². The van der Waals surface area contributed by atoms with Crippen LogP contribution in [0.4, 0.5) is 0 Å². The second kappa shape index (κ2) is 10.9. The Morgan fingerprint density at radius 2 is 1.97 bits per heavy atom. The molecule has 0 spiro atoms. The number of carbonyl (C=O) groups excluding carboxylic acids is 1. The third-order valence-corrected chi connectivity index (χ3v) is 4.88. The van der Waals surface area contributed by atoms with Crippen LogP contribution < -0.4 is 9.47 Å². The van der Waals surface area contributed by atoms with Crippen LogP contribution in [0.5, 0.6) is 17.2 Å². The minimum absolute atomic E-state index is 0.0118. The van der Waals surface area contributed by atoms with Crippen molar-refractivity contribution in [3.8, 4) is 34.7 Å². The number of ketones is 1. The lowest BCUT2D eigenvalue weighted by Gasteiger charge is -2.14. The molecule has 1 aromatic heterocycles. The molecule has 2 aromatic carbocycles. The van der Waals surface area contributed by atoms with Crippen LogP contribution in [-0.4, -0.2) is 44.7 Å². The van der Waals surface area contributed by atoms with E-state index in [4.69, 9.17) is 9.47 Å². The fraction of sp³-hybridized carbons (Fsp3) is 0.348. The molecule has 1 heterocycles. The Morgan fingerprint density at radius 1 is 1.19 bits per heavy atom. The second-order valence-corrected chi connectivity index (χ2v) is 7.20. The number of H-pyrrole nitrogens is 1. The van der Waals surface area contributed by atoms with Crippen molar-refractivity contribution >= 4 is 5.78 Å². The molecule has 166 valence electrons. The summed E-state index contributed by atoms with van der Waals surface area (Å²) >= 11 is 0. The van der Waals surface area contributed by atoms with Gasteiger partial charge in [0.1, 0.15) is 23.3 Å². The van der Waals surface area contributed by atoms with Crippen LogP contribution in [-0.2, 0) is 6.42 Å². The Labute approximate surface area is 186 Å². The molecule has 0 atom stereocenters. The van der Waals surface area contributed by atoms with Crippen LogP contribution in [0.2, 0.25) is 0 Å². The number of unbranched alkanes of at least 4 members (excludes halogenated alkanes) is 1. The number of hydrogen-bond acceptors (Lipinski definition) is 8. The van der Waals surface area contributed by atoms with Crippen LogP contribution in [0.25, 0.3) is 11.4 Å². The highest BCUT2D eigenvalue weighted by Crippen LogP contribution is 2.33. The number of aromatic nitrogens is 4. The van der Waals surface area contributed by atoms with E-state index in [1.807, 2.05) is 6.92 Å². The Hall–Kier alpha value is -3.93. The zero-order chi connectivity index (χ0) is 22.9. The van der Waals surface area contributed by atoms with Crippen molar-refractivity contribution in [3.63, 3.8) is 0 Å². The van der Waals surface area contributed by atoms with Gasteiger partial charge < -0.3 is 14.6 Å². The second-order valence-electron chi connectivity index (χ2n) is 7.20. The Bertz CT molecular complexity index is 1110. The van der Waals surface area contributed by atoms with Crippen LogP contribution in [0.1, 0.15) is 54.6 Å². The number of phenols is 1. The van der Waals surface area contributed by atoms with E-state index >= 15 is 0 Å². The number of carbonyl (C=O) groups is 1. The molecular formula is C23H25N5O4. The van der Waals surface area contributed by atoms with Gasteiger partial charge in [-0.25, -0.2) is 0 Å². The number of nitrogens with zero attached hydrogens (tertiary/aromatic N) is 4. The van der Waals surface area contributed by atoms with Crippen LogP contribution in [0.15, 0.2) is 30.3 Å². The van der Waals surface area contributed by atoms with E-state index in [9.17, 15) is 15.2 Å². The molecule has 0 amide bonds. The number of aromatic amines is 1. The predicted octanol–water partition coefficient (Wildman–Crippen LogP) is 3.84. The van der Waals surface area contributed by atoms with Gasteiger partial charge in [0.25, 0.3) is 0 Å². The highest BCUT2D eigenvalue weighted by molar-refractivity contribution is 5.97. The number of hydrogen-bond donors (Lipinski definition) is 2. The van der Waals surface area contributed by atoms with Crippen molar-refractivity contribution in [2.75, 3.05) is 13.2 Å². The average Bonchev–Trinajstić information content (AvgIpc) is 3.32. The molecule has 32 heavy (non-hydrogen) atoms. The molecule has 0 aliphatic rings. The van der Waals surface area contributed by atoms with Gasteiger partial charge in [-0.3, -0.25) is 4.79 Å². The maximum absolute atomic E-state index is 11.7. The first kappa shape index (κ1) is 22.7. The molecule has 0 aliphatic heterocycles. The fourth-order valence-electron chi connectivity index (χ4n) is 3.28. The van der Waals surface area contributed by atoms with E-state index in [2.05, 4.69) is 26.7 Å². The van der Waals surface area contributed by atoms with Gasteiger partial charge in [0.2, 0.25) is 5.82 Å². The third-order valence-electron chi connectivity index (χ3n) is 4.88. The SMILES string of the molecule is CCCc1c(OCCCCOc2ccc(-c3nn[nH]n3)c(C#N)c2)ccc(C(C)=O)c1O. The van der Waals surface area contributed by atoms with Gasteiger partial charge >= 0.3 is 0 Å². The molecule has 0 aliphatic carbocycles. The van der Waals surface area contributed by atoms with Gasteiger partial charge in [-0.05, 0) is 61.7 Å². The number of Topliss-reactive ketones (excluding diaryl/α,β-unsaturated/α-hetero) is 1. The normalized spacial score (nSPS) is 10.5. The van der Waals surface area contributed by atoms with Gasteiger partial charge in [0, 0.05) is 11.1 Å². The first-order valence-corrected chi connectivity index (χ1v) is 10.4. The number of nitrogens with one attached hydrogen (secondary N) is 1. The first-order chi connectivity index (χ1) is 15.5. The first-order valence-electron chi connectivity index (χ1n) is 10.4. The molecule has 9 heteroatoms. The van der Waals surface area contributed by atoms with Crippen molar-refractivity contribution < 1.29 is 19.4 Å². The Balaban J connectivity index is 1.50. The Morgan fingerprint density at radius 3 is 2.62 bits per heavy atom. The largest absolute Gasteiger partial charge is 0.507 e. The predicted molar refractivity (Wildman–Crippen MR) is 117 cm³/mol. The van der Waals surface area contributed by atoms with E-state index in [0.717, 1.165) is 19.3 Å². The molecule has 0 radical (unpaired) electrons. The van der Waals surface area contributed by atoms with Crippen molar-refractivity contribution in [1.82, 2.24) is 20.6 Å². The van der Waals surface area contributed by atoms with E-state index in [1.54, 1.807) is 30.3 Å². The summed E-state index contributed by atoms with van der Waals surface area (Å²) in [5.74, 6) is 1.39. The highest BCUT2D eigenvalue weighted by atomic mass is 16.5. The number of tetrazole rings is 1. The highest BCUT2D eigenvalue weighted by Gasteiger charge is 2.16. The van der Waals surface area contributed by atoms with E-state index in [-0.39, 0.29) is 11.5 Å². The van der Waals surface area contributed by atoms with Gasteiger partial charge in [-0.2, -0.15) is 10.5 Å². The van der Waals surface area contributed by atoms with Crippen molar-refractivity contribution in [1.29, 1.82) is 5.26 Å². The summed E-state index contributed by atoms with van der Waals surface area (Å²) in [6.07, 6.45) is 2.95. The summed E-state index contributed by atoms with van der Waals surface area (Å²) in [5, 5.41) is 33.5. The zero-order valence-corrected chi connectivity index (χ0v) is 18.1. The number of rotatable bonds is 11. The number of benzene rings is 2. The molecule has 0 unspecified atom stereocenters. The van der Waals surface area contributed by atoms with Gasteiger partial charge in [-0.15, -0.1) is 10.2 Å². The number of ether oxygens (including phenoxy) is 2. The summed E-state index contributed by atoms with van der Waals surface area (Å²) in [6, 6.07) is 10.6.